The van der Waals surface area contributed by atoms with Gasteiger partial charge in [-0.2, -0.15) is 30.6 Å². The lowest BCUT2D eigenvalue weighted by atomic mass is 9.89. The van der Waals surface area contributed by atoms with Crippen LogP contribution in [0.1, 0.15) is 26.3 Å². The zero-order valence-electron chi connectivity index (χ0n) is 18.9. The number of hydrogen-bond acceptors (Lipinski definition) is 6. The molecule has 0 unspecified atom stereocenters. The highest BCUT2D eigenvalue weighted by atomic mass is 32.2. The number of alkyl halides is 6. The van der Waals surface area contributed by atoms with Crippen molar-refractivity contribution in [3.8, 4) is 5.75 Å². The molecule has 0 heterocycles. The Bertz CT molecular complexity index is 1160. The third kappa shape index (κ3) is 5.64. The number of rotatable bonds is 5. The van der Waals surface area contributed by atoms with Crippen LogP contribution in [0.4, 0.5) is 36.8 Å². The number of carbonyl (C=O) groups is 1. The van der Waals surface area contributed by atoms with Crippen molar-refractivity contribution < 1.29 is 49.0 Å². The van der Waals surface area contributed by atoms with Crippen LogP contribution in [0.3, 0.4) is 0 Å². The summed E-state index contributed by atoms with van der Waals surface area (Å²) in [5.74, 6) is 0.278. The lowest BCUT2D eigenvalue weighted by Gasteiger charge is -2.34. The largest absolute Gasteiger partial charge is 0.497 e. The number of anilines is 1. The topological polar surface area (TPSA) is 98.9 Å². The van der Waals surface area contributed by atoms with E-state index in [9.17, 15) is 39.6 Å². The van der Waals surface area contributed by atoms with Crippen molar-refractivity contribution in [3.05, 3.63) is 54.1 Å². The monoisotopic (exact) mass is 528 g/mol. The molecule has 0 aliphatic carbocycles. The van der Waals surface area contributed by atoms with E-state index in [1.165, 1.54) is 40.0 Å². The molecule has 0 aromatic heterocycles. The average Bonchev–Trinajstić information content (AvgIpc) is 2.70. The number of methoxy groups -OCH3 is 1. The minimum Gasteiger partial charge on any atom is -0.497 e. The Labute approximate surface area is 197 Å². The molecule has 194 valence electrons. The summed E-state index contributed by atoms with van der Waals surface area (Å²) in [5.41, 5.74) is -3.18. The van der Waals surface area contributed by atoms with Crippen molar-refractivity contribution in [1.29, 1.82) is 0 Å². The number of nitrogens with two attached hydrogens (primary N) is 1. The molecule has 2 aromatic rings. The van der Waals surface area contributed by atoms with Crippen LogP contribution in [0, 0.1) is 0 Å². The number of carbonyl (C=O) groups excluding carboxylic acids is 1. The maximum Gasteiger partial charge on any atom is 0.429 e. The van der Waals surface area contributed by atoms with E-state index in [1.54, 1.807) is 0 Å². The zero-order valence-corrected chi connectivity index (χ0v) is 19.7. The Hall–Kier alpha value is -3.00. The number of ether oxygens (including phenoxy) is 2. The van der Waals surface area contributed by atoms with Gasteiger partial charge in [0, 0.05) is 0 Å². The number of sulfonamides is 1. The molecule has 7 nitrogen and oxygen atoms in total. The van der Waals surface area contributed by atoms with Gasteiger partial charge in [-0.25, -0.2) is 13.2 Å². The number of amides is 1. The highest BCUT2D eigenvalue weighted by Crippen LogP contribution is 2.48. The molecule has 0 saturated carbocycles. The van der Waals surface area contributed by atoms with E-state index in [4.69, 9.17) is 15.2 Å². The zero-order chi connectivity index (χ0) is 27.0. The van der Waals surface area contributed by atoms with Crippen LogP contribution in [0.15, 0.2) is 53.4 Å². The van der Waals surface area contributed by atoms with E-state index in [0.717, 1.165) is 18.2 Å². The van der Waals surface area contributed by atoms with Crippen LogP contribution in [0.2, 0.25) is 0 Å². The summed E-state index contributed by atoms with van der Waals surface area (Å²) in [6.07, 6.45) is -13.5. The van der Waals surface area contributed by atoms with Gasteiger partial charge in [0.15, 0.2) is 0 Å². The first kappa shape index (κ1) is 28.2. The smallest absolute Gasteiger partial charge is 0.429 e. The normalized spacial score (nSPS) is 13.3. The van der Waals surface area contributed by atoms with E-state index in [2.05, 4.69) is 0 Å². The molecule has 14 heteroatoms. The molecule has 2 N–H and O–H groups in total. The van der Waals surface area contributed by atoms with Gasteiger partial charge in [-0.05, 0) is 62.7 Å². The fourth-order valence-electron chi connectivity index (χ4n) is 2.86. The molecule has 0 bridgehead atoms. The molecule has 0 saturated heterocycles. The number of halogens is 6. The summed E-state index contributed by atoms with van der Waals surface area (Å²) in [4.78, 5) is 11.8. The summed E-state index contributed by atoms with van der Waals surface area (Å²) >= 11 is 0. The summed E-state index contributed by atoms with van der Waals surface area (Å²) in [6.45, 7) is 4.29. The molecule has 35 heavy (non-hydrogen) atoms. The summed E-state index contributed by atoms with van der Waals surface area (Å²) in [6, 6.07) is 6.76. The van der Waals surface area contributed by atoms with Crippen LogP contribution in [0.5, 0.6) is 5.75 Å². The van der Waals surface area contributed by atoms with Crippen molar-refractivity contribution in [2.45, 2.75) is 49.2 Å². The number of benzene rings is 2. The molecule has 0 radical (unpaired) electrons. The number of hydrogen-bond donors (Lipinski definition) is 1. The van der Waals surface area contributed by atoms with E-state index in [-0.39, 0.29) is 21.8 Å². The van der Waals surface area contributed by atoms with Gasteiger partial charge in [0.1, 0.15) is 11.4 Å². The quantitative estimate of drug-likeness (QED) is 0.542. The standard InChI is InChI=1S/C21H22F6N2O5S/c1-18(2,3)34-17(30)29(14-8-10-15(33-4)11-9-14)35(31,32)16-7-5-6-13(12-16)19(28,20(22,23)24)21(25,26)27/h5-12H,28H2,1-4H3. The molecule has 0 fully saturated rings. The maximum atomic E-state index is 13.4. The Balaban J connectivity index is 2.74. The Kier molecular flexibility index (Phi) is 7.44. The van der Waals surface area contributed by atoms with Gasteiger partial charge < -0.3 is 15.2 Å². The molecular weight excluding hydrogens is 506 g/mol. The molecule has 0 aliphatic rings. The van der Waals surface area contributed by atoms with Crippen LogP contribution < -0.4 is 14.8 Å². The predicted octanol–water partition coefficient (Wildman–Crippen LogP) is 5.10. The first-order valence-electron chi connectivity index (χ1n) is 9.71. The van der Waals surface area contributed by atoms with E-state index in [0.29, 0.717) is 12.1 Å². The van der Waals surface area contributed by atoms with Crippen molar-refractivity contribution in [3.63, 3.8) is 0 Å². The van der Waals surface area contributed by atoms with Gasteiger partial charge in [0.05, 0.1) is 17.7 Å². The first-order valence-corrected chi connectivity index (χ1v) is 11.1. The van der Waals surface area contributed by atoms with Crippen LogP contribution >= 0.6 is 0 Å². The third-order valence-corrected chi connectivity index (χ3v) is 6.28. The fourth-order valence-corrected chi connectivity index (χ4v) is 4.23. The van der Waals surface area contributed by atoms with Gasteiger partial charge in [0.2, 0.25) is 5.54 Å². The Morgan fingerprint density at radius 3 is 1.86 bits per heavy atom. The van der Waals surface area contributed by atoms with E-state index < -0.39 is 50.1 Å². The van der Waals surface area contributed by atoms with Gasteiger partial charge in [-0.1, -0.05) is 12.1 Å². The second-order valence-corrected chi connectivity index (χ2v) is 10.1. The van der Waals surface area contributed by atoms with E-state index >= 15 is 0 Å². The summed E-state index contributed by atoms with van der Waals surface area (Å²) < 4.78 is 118. The van der Waals surface area contributed by atoms with Gasteiger partial charge in [0.25, 0.3) is 10.0 Å². The molecule has 0 aliphatic heterocycles. The van der Waals surface area contributed by atoms with Crippen LogP contribution in [-0.2, 0) is 20.3 Å². The minimum atomic E-state index is -6.02. The highest BCUT2D eigenvalue weighted by molar-refractivity contribution is 7.93. The van der Waals surface area contributed by atoms with Gasteiger partial charge in [-0.15, -0.1) is 0 Å². The molecule has 0 spiro atoms. The molecule has 1 amide bonds. The molecule has 2 rings (SSSR count). The lowest BCUT2D eigenvalue weighted by molar-refractivity contribution is -0.301. The van der Waals surface area contributed by atoms with Crippen molar-refractivity contribution >= 4 is 21.8 Å². The van der Waals surface area contributed by atoms with Crippen molar-refractivity contribution in [2.24, 2.45) is 5.73 Å². The highest BCUT2D eigenvalue weighted by Gasteiger charge is 2.69. The van der Waals surface area contributed by atoms with Crippen LogP contribution in [0.25, 0.3) is 0 Å². The van der Waals surface area contributed by atoms with Gasteiger partial charge >= 0.3 is 18.4 Å². The molecular formula is C21H22F6N2O5S. The summed E-state index contributed by atoms with van der Waals surface area (Å²) in [7, 11) is -3.77. The Morgan fingerprint density at radius 2 is 1.43 bits per heavy atom. The maximum absolute atomic E-state index is 13.4. The average molecular weight is 528 g/mol. The van der Waals surface area contributed by atoms with Crippen LogP contribution in [-0.4, -0.2) is 39.6 Å². The minimum absolute atomic E-state index is 0.121. The lowest BCUT2D eigenvalue weighted by Crippen LogP contribution is -2.60. The predicted molar refractivity (Wildman–Crippen MR) is 113 cm³/mol. The second kappa shape index (κ2) is 9.22. The fraction of sp³-hybridized carbons (Fsp3) is 0.381. The molecule has 2 aromatic carbocycles. The van der Waals surface area contributed by atoms with Crippen molar-refractivity contribution in [2.75, 3.05) is 11.4 Å². The molecule has 0 atom stereocenters. The van der Waals surface area contributed by atoms with Crippen molar-refractivity contribution in [1.82, 2.24) is 0 Å². The SMILES string of the molecule is COc1ccc(N(C(=O)OC(C)(C)C)S(=O)(=O)c2cccc(C(N)(C(F)(F)F)C(F)(F)F)c2)cc1. The van der Waals surface area contributed by atoms with E-state index in [1.807, 2.05) is 0 Å². The Morgan fingerprint density at radius 1 is 0.914 bits per heavy atom. The van der Waals surface area contributed by atoms with Gasteiger partial charge in [-0.3, -0.25) is 0 Å². The number of nitrogens with zero attached hydrogens (tertiary/aromatic N) is 1. The third-order valence-electron chi connectivity index (χ3n) is 4.59. The summed E-state index contributed by atoms with van der Waals surface area (Å²) in [5, 5.41) is 0. The second-order valence-electron chi connectivity index (χ2n) is 8.28. The first-order chi connectivity index (χ1) is 15.8.